The molecule has 0 fully saturated rings. The maximum atomic E-state index is 12.5. The lowest BCUT2D eigenvalue weighted by Crippen LogP contribution is -2.41. The molecule has 0 aliphatic heterocycles. The van der Waals surface area contributed by atoms with E-state index in [4.69, 9.17) is 9.47 Å². The van der Waals surface area contributed by atoms with Gasteiger partial charge in [-0.3, -0.25) is 9.59 Å². The number of hydrogen-bond acceptors (Lipinski definition) is 10. The van der Waals surface area contributed by atoms with Crippen molar-refractivity contribution < 1.29 is 29.3 Å². The second-order valence-corrected chi connectivity index (χ2v) is 25.9. The molecular weight excluding hydrogens is 1030 g/mol. The van der Waals surface area contributed by atoms with Crippen molar-refractivity contribution in [3.8, 4) is 0 Å². The highest BCUT2D eigenvalue weighted by Crippen LogP contribution is 2.17. The Morgan fingerprint density at radius 2 is 0.494 bits per heavy atom. The lowest BCUT2D eigenvalue weighted by Gasteiger charge is -2.27. The van der Waals surface area contributed by atoms with Crippen molar-refractivity contribution in [3.63, 3.8) is 0 Å². The summed E-state index contributed by atoms with van der Waals surface area (Å²) in [5, 5.41) is 29.2. The minimum Gasteiger partial charge on any atom is -0.466 e. The predicted octanol–water partition coefficient (Wildman–Crippen LogP) is 19.3. The number of unbranched alkanes of at least 4 members (excludes halogenated alkanes) is 46. The van der Waals surface area contributed by atoms with E-state index in [1.807, 2.05) is 0 Å². The summed E-state index contributed by atoms with van der Waals surface area (Å²) in [5.74, 6) is -0.291. The molecule has 0 aromatic heterocycles. The molecular formula is C73H148N4O6. The number of nitrogens with zero attached hydrogens (tertiary/aromatic N) is 2. The van der Waals surface area contributed by atoms with Gasteiger partial charge in [0.2, 0.25) is 0 Å². The fourth-order valence-electron chi connectivity index (χ4n) is 11.8. The summed E-state index contributed by atoms with van der Waals surface area (Å²) < 4.78 is 11.1. The maximum Gasteiger partial charge on any atom is 0.307 e. The smallest absolute Gasteiger partial charge is 0.307 e. The Balaban J connectivity index is 4.96. The van der Waals surface area contributed by atoms with E-state index in [2.05, 4.69) is 48.1 Å². The molecule has 0 aliphatic carbocycles. The largest absolute Gasteiger partial charge is 0.466 e. The van der Waals surface area contributed by atoms with E-state index in [9.17, 15) is 19.8 Å². The molecule has 83 heavy (non-hydrogen) atoms. The number of rotatable bonds is 72. The number of ether oxygens (including phenoxy) is 2. The molecule has 2 atom stereocenters. The third-order valence-electron chi connectivity index (χ3n) is 17.3. The van der Waals surface area contributed by atoms with Gasteiger partial charge in [0.25, 0.3) is 0 Å². The molecule has 0 saturated carbocycles. The molecule has 0 spiro atoms. The molecule has 0 radical (unpaired) electrons. The first-order chi connectivity index (χ1) is 40.9. The van der Waals surface area contributed by atoms with Crippen molar-refractivity contribution >= 4 is 11.9 Å². The van der Waals surface area contributed by atoms with Crippen LogP contribution < -0.4 is 10.6 Å². The summed E-state index contributed by atoms with van der Waals surface area (Å²) in [6.45, 7) is 17.3. The van der Waals surface area contributed by atoms with Crippen LogP contribution in [0.3, 0.4) is 0 Å². The highest BCUT2D eigenvalue weighted by Gasteiger charge is 2.16. The maximum absolute atomic E-state index is 12.5. The molecule has 0 bridgehead atoms. The lowest BCUT2D eigenvalue weighted by atomic mass is 10.0. The zero-order chi connectivity index (χ0) is 60.3. The minimum absolute atomic E-state index is 0.145. The van der Waals surface area contributed by atoms with Crippen LogP contribution in [-0.2, 0) is 19.1 Å². The highest BCUT2D eigenvalue weighted by molar-refractivity contribution is 5.69. The van der Waals surface area contributed by atoms with E-state index in [0.29, 0.717) is 65.3 Å². The molecule has 0 heterocycles. The monoisotopic (exact) mass is 1180 g/mol. The first kappa shape index (κ1) is 81.7. The van der Waals surface area contributed by atoms with Crippen molar-refractivity contribution in [1.82, 2.24) is 20.4 Å². The molecule has 0 amide bonds. The fourth-order valence-corrected chi connectivity index (χ4v) is 11.8. The van der Waals surface area contributed by atoms with Crippen LogP contribution in [0.25, 0.3) is 0 Å². The van der Waals surface area contributed by atoms with E-state index >= 15 is 0 Å². The van der Waals surface area contributed by atoms with Crippen LogP contribution in [0.4, 0.5) is 0 Å². The summed E-state index contributed by atoms with van der Waals surface area (Å²) in [5.41, 5.74) is 0. The topological polar surface area (TPSA) is 124 Å². The molecule has 10 nitrogen and oxygen atoms in total. The molecule has 0 aromatic rings. The van der Waals surface area contributed by atoms with Crippen molar-refractivity contribution in [3.05, 3.63) is 0 Å². The van der Waals surface area contributed by atoms with Crippen molar-refractivity contribution in [2.45, 2.75) is 380 Å². The molecule has 0 aliphatic rings. The van der Waals surface area contributed by atoms with Crippen LogP contribution in [0.5, 0.6) is 0 Å². The Labute approximate surface area is 518 Å². The number of aliphatic hydroxyl groups excluding tert-OH is 2. The molecule has 0 rings (SSSR count). The Kier molecular flexibility index (Phi) is 68.7. The molecule has 496 valence electrons. The minimum atomic E-state index is -0.500. The summed E-state index contributed by atoms with van der Waals surface area (Å²) in [6, 6.07) is 0. The van der Waals surface area contributed by atoms with Gasteiger partial charge in [-0.2, -0.15) is 0 Å². The Morgan fingerprint density at radius 3 is 0.723 bits per heavy atom. The number of carbonyl (C=O) groups is 2. The molecule has 0 saturated heterocycles. The Bertz CT molecular complexity index is 1260. The third kappa shape index (κ3) is 66.5. The zero-order valence-electron chi connectivity index (χ0n) is 56.5. The van der Waals surface area contributed by atoms with Crippen LogP contribution in [0.1, 0.15) is 368 Å². The van der Waals surface area contributed by atoms with Crippen molar-refractivity contribution in [2.24, 2.45) is 0 Å². The summed E-state index contributed by atoms with van der Waals surface area (Å²) >= 11 is 0. The molecule has 0 aromatic carbocycles. The van der Waals surface area contributed by atoms with E-state index in [1.165, 1.54) is 276 Å². The van der Waals surface area contributed by atoms with Gasteiger partial charge < -0.3 is 40.1 Å². The predicted molar refractivity (Wildman–Crippen MR) is 360 cm³/mol. The second-order valence-electron chi connectivity index (χ2n) is 25.9. The van der Waals surface area contributed by atoms with E-state index in [1.54, 1.807) is 0 Å². The summed E-state index contributed by atoms with van der Waals surface area (Å²) in [7, 11) is 0. The van der Waals surface area contributed by atoms with E-state index in [0.717, 1.165) is 77.5 Å². The number of hydrogen-bond donors (Lipinski definition) is 4. The van der Waals surface area contributed by atoms with Crippen LogP contribution in [0.2, 0.25) is 0 Å². The lowest BCUT2D eigenvalue weighted by molar-refractivity contribution is -0.144. The standard InChI is InChI=1S/C73H148N4O6/c1-5-9-13-17-21-25-29-33-37-41-45-49-55-65-83-73(81)57-59-75-67-71(79)69-77(61-51-47-43-39-35-31-27-23-19-15-11-7-3)63-53-52-62-76(60-50-46-42-38-34-30-26-22-18-14-10-6-2)68-70(78)66-74-58-56-72(80)82-64-54-48-44-40-36-32-28-24-20-16-12-8-4/h70-71,74-75,78-79H,5-69H2,1-4H3. The van der Waals surface area contributed by atoms with Crippen LogP contribution in [-0.4, -0.2) is 123 Å². The number of carbonyl (C=O) groups excluding carboxylic acids is 2. The van der Waals surface area contributed by atoms with Gasteiger partial charge in [0, 0.05) is 39.3 Å². The van der Waals surface area contributed by atoms with E-state index < -0.39 is 12.2 Å². The number of nitrogens with one attached hydrogen (secondary N) is 2. The van der Waals surface area contributed by atoms with Gasteiger partial charge in [-0.1, -0.05) is 317 Å². The molecule has 2 unspecified atom stereocenters. The Hall–Kier alpha value is -1.30. The van der Waals surface area contributed by atoms with Crippen LogP contribution >= 0.6 is 0 Å². The number of aliphatic hydroxyl groups is 2. The van der Waals surface area contributed by atoms with Gasteiger partial charge >= 0.3 is 11.9 Å². The van der Waals surface area contributed by atoms with Gasteiger partial charge in [0.05, 0.1) is 38.3 Å². The highest BCUT2D eigenvalue weighted by atomic mass is 16.5. The normalized spacial score (nSPS) is 12.5. The average Bonchev–Trinajstić information content (AvgIpc) is 3.48. The number of esters is 2. The summed E-state index contributed by atoms with van der Waals surface area (Å²) in [4.78, 5) is 29.9. The fraction of sp³-hybridized carbons (Fsp3) is 0.973. The van der Waals surface area contributed by atoms with Crippen molar-refractivity contribution in [2.75, 3.05) is 78.7 Å². The van der Waals surface area contributed by atoms with Gasteiger partial charge in [0.15, 0.2) is 0 Å². The average molecular weight is 1180 g/mol. The SMILES string of the molecule is CCCCCCCCCCCCCCCOC(=O)CCNCC(O)CN(CCCCCCCCCCCCCC)CCCCN(CCCCCCCCCCCCCC)CC(O)CNCCC(=O)OCCCCCCCCCCCCCC. The quantitative estimate of drug-likeness (QED) is 0.0346. The van der Waals surface area contributed by atoms with Crippen LogP contribution in [0.15, 0.2) is 0 Å². The van der Waals surface area contributed by atoms with E-state index in [-0.39, 0.29) is 11.9 Å². The van der Waals surface area contributed by atoms with Gasteiger partial charge in [0.1, 0.15) is 0 Å². The van der Waals surface area contributed by atoms with Crippen molar-refractivity contribution in [1.29, 1.82) is 0 Å². The van der Waals surface area contributed by atoms with Crippen LogP contribution in [0, 0.1) is 0 Å². The molecule has 10 heteroatoms. The third-order valence-corrected chi connectivity index (χ3v) is 17.3. The first-order valence-corrected chi connectivity index (χ1v) is 37.4. The van der Waals surface area contributed by atoms with Gasteiger partial charge in [-0.15, -0.1) is 0 Å². The van der Waals surface area contributed by atoms with Gasteiger partial charge in [-0.25, -0.2) is 0 Å². The summed E-state index contributed by atoms with van der Waals surface area (Å²) in [6.07, 6.45) is 66.2. The Morgan fingerprint density at radius 1 is 0.301 bits per heavy atom. The molecule has 4 N–H and O–H groups in total. The first-order valence-electron chi connectivity index (χ1n) is 37.4. The second kappa shape index (κ2) is 69.8. The van der Waals surface area contributed by atoms with Gasteiger partial charge in [-0.05, 0) is 64.7 Å². The zero-order valence-corrected chi connectivity index (χ0v) is 56.5.